The minimum atomic E-state index is -0.655. The average Bonchev–Trinajstić information content (AvgIpc) is 2.70. The molecule has 3 aromatic rings. The van der Waals surface area contributed by atoms with Gasteiger partial charge in [-0.05, 0) is 49.2 Å². The first kappa shape index (κ1) is 20.2. The summed E-state index contributed by atoms with van der Waals surface area (Å²) < 4.78 is 0. The number of rotatable bonds is 5. The van der Waals surface area contributed by atoms with Gasteiger partial charge in [0.15, 0.2) is 5.78 Å². The lowest BCUT2D eigenvalue weighted by Gasteiger charge is -2.12. The van der Waals surface area contributed by atoms with Crippen LogP contribution in [-0.2, 0) is 0 Å². The van der Waals surface area contributed by atoms with E-state index in [9.17, 15) is 19.7 Å². The topological polar surface area (TPSA) is 89.3 Å². The van der Waals surface area contributed by atoms with Crippen LogP contribution in [0.4, 0.5) is 11.4 Å². The summed E-state index contributed by atoms with van der Waals surface area (Å²) in [4.78, 5) is 36.3. The molecule has 0 aliphatic rings. The summed E-state index contributed by atoms with van der Waals surface area (Å²) in [7, 11) is 0. The van der Waals surface area contributed by atoms with Crippen molar-refractivity contribution in [2.24, 2.45) is 0 Å². The van der Waals surface area contributed by atoms with Gasteiger partial charge in [-0.1, -0.05) is 41.9 Å². The average molecular weight is 409 g/mol. The van der Waals surface area contributed by atoms with E-state index in [-0.39, 0.29) is 27.4 Å². The molecular formula is C22H17ClN2O4. The van der Waals surface area contributed by atoms with Crippen LogP contribution in [0.2, 0.25) is 5.02 Å². The van der Waals surface area contributed by atoms with Gasteiger partial charge in [0, 0.05) is 22.9 Å². The maximum atomic E-state index is 13.0. The normalized spacial score (nSPS) is 10.4. The summed E-state index contributed by atoms with van der Waals surface area (Å²) in [6, 6.07) is 15.8. The molecule has 1 N–H and O–H groups in total. The maximum Gasteiger partial charge on any atom is 0.288 e. The first-order valence-corrected chi connectivity index (χ1v) is 9.12. The zero-order valence-corrected chi connectivity index (χ0v) is 16.5. The maximum absolute atomic E-state index is 13.0. The van der Waals surface area contributed by atoms with Crippen molar-refractivity contribution in [3.05, 3.63) is 104 Å². The molecule has 0 heterocycles. The third kappa shape index (κ3) is 4.33. The second-order valence-electron chi connectivity index (χ2n) is 6.57. The molecule has 0 aromatic heterocycles. The van der Waals surface area contributed by atoms with Crippen LogP contribution in [0.15, 0.2) is 60.7 Å². The minimum absolute atomic E-state index is 0.0625. The molecule has 1 amide bonds. The van der Waals surface area contributed by atoms with Crippen molar-refractivity contribution in [3.8, 4) is 0 Å². The van der Waals surface area contributed by atoms with E-state index in [1.165, 1.54) is 24.3 Å². The zero-order valence-electron chi connectivity index (χ0n) is 15.7. The highest BCUT2D eigenvalue weighted by atomic mass is 35.5. The van der Waals surface area contributed by atoms with E-state index < -0.39 is 16.6 Å². The highest BCUT2D eigenvalue weighted by Crippen LogP contribution is 2.27. The van der Waals surface area contributed by atoms with Gasteiger partial charge >= 0.3 is 0 Å². The van der Waals surface area contributed by atoms with Crippen LogP contribution < -0.4 is 5.32 Å². The third-order valence-corrected chi connectivity index (χ3v) is 4.78. The summed E-state index contributed by atoms with van der Waals surface area (Å²) in [5, 5.41) is 13.9. The Balaban J connectivity index is 1.97. The van der Waals surface area contributed by atoms with Gasteiger partial charge in [-0.3, -0.25) is 19.7 Å². The van der Waals surface area contributed by atoms with Crippen molar-refractivity contribution in [3.63, 3.8) is 0 Å². The molecule has 7 heteroatoms. The molecule has 0 aliphatic carbocycles. The summed E-state index contributed by atoms with van der Waals surface area (Å²) >= 11 is 5.82. The molecule has 0 unspecified atom stereocenters. The van der Waals surface area contributed by atoms with E-state index in [4.69, 9.17) is 11.6 Å². The van der Waals surface area contributed by atoms with Gasteiger partial charge in [0.25, 0.3) is 11.6 Å². The van der Waals surface area contributed by atoms with Gasteiger partial charge in [0.1, 0.15) is 5.02 Å². The number of hydrogen-bond donors (Lipinski definition) is 1. The summed E-state index contributed by atoms with van der Waals surface area (Å²) in [6.07, 6.45) is 0. The predicted molar refractivity (Wildman–Crippen MR) is 112 cm³/mol. The van der Waals surface area contributed by atoms with Crippen LogP contribution in [0.25, 0.3) is 0 Å². The molecule has 0 atom stereocenters. The van der Waals surface area contributed by atoms with Crippen molar-refractivity contribution in [1.82, 2.24) is 0 Å². The number of nitrogens with one attached hydrogen (secondary N) is 1. The Bertz CT molecular complexity index is 1140. The van der Waals surface area contributed by atoms with Gasteiger partial charge in [-0.25, -0.2) is 0 Å². The quantitative estimate of drug-likeness (QED) is 0.350. The van der Waals surface area contributed by atoms with Crippen molar-refractivity contribution in [1.29, 1.82) is 0 Å². The highest BCUT2D eigenvalue weighted by Gasteiger charge is 2.21. The lowest BCUT2D eigenvalue weighted by atomic mass is 9.97. The Morgan fingerprint density at radius 3 is 2.34 bits per heavy atom. The second kappa shape index (κ2) is 8.24. The van der Waals surface area contributed by atoms with E-state index in [1.807, 2.05) is 32.0 Å². The summed E-state index contributed by atoms with van der Waals surface area (Å²) in [6.45, 7) is 3.79. The standard InChI is InChI=1S/C22H17ClN2O4/c1-13-7-8-14(2)19(11-13)24-22(27)17-6-4-3-5-16(17)21(26)15-9-10-18(23)20(12-15)25(28)29/h3-12H,1-2H3,(H,24,27). The number of ketones is 1. The first-order valence-electron chi connectivity index (χ1n) is 8.74. The Morgan fingerprint density at radius 2 is 1.66 bits per heavy atom. The molecule has 3 aromatic carbocycles. The van der Waals surface area contributed by atoms with Crippen molar-refractivity contribution >= 4 is 34.7 Å². The molecule has 3 rings (SSSR count). The fourth-order valence-electron chi connectivity index (χ4n) is 2.89. The van der Waals surface area contributed by atoms with Crippen LogP contribution in [0.5, 0.6) is 0 Å². The molecule has 6 nitrogen and oxygen atoms in total. The third-order valence-electron chi connectivity index (χ3n) is 4.46. The Kier molecular flexibility index (Phi) is 5.75. The van der Waals surface area contributed by atoms with Gasteiger partial charge in [0.05, 0.1) is 10.5 Å². The molecule has 0 spiro atoms. The van der Waals surface area contributed by atoms with Crippen molar-refractivity contribution < 1.29 is 14.5 Å². The number of anilines is 1. The summed E-state index contributed by atoms with van der Waals surface area (Å²) in [5.74, 6) is -0.942. The fraction of sp³-hybridized carbons (Fsp3) is 0.0909. The van der Waals surface area contributed by atoms with E-state index in [0.717, 1.165) is 17.2 Å². The Morgan fingerprint density at radius 1 is 0.966 bits per heavy atom. The molecule has 0 radical (unpaired) electrons. The van der Waals surface area contributed by atoms with Crippen LogP contribution in [0.1, 0.15) is 37.4 Å². The number of carbonyl (C=O) groups is 2. The van der Waals surface area contributed by atoms with E-state index in [0.29, 0.717) is 5.69 Å². The molecular weight excluding hydrogens is 392 g/mol. The van der Waals surface area contributed by atoms with Gasteiger partial charge < -0.3 is 5.32 Å². The number of nitrogens with zero attached hydrogens (tertiary/aromatic N) is 1. The van der Waals surface area contributed by atoms with Crippen LogP contribution in [0.3, 0.4) is 0 Å². The molecule has 0 saturated heterocycles. The monoisotopic (exact) mass is 408 g/mol. The molecule has 0 bridgehead atoms. The van der Waals surface area contributed by atoms with Gasteiger partial charge in [-0.2, -0.15) is 0 Å². The number of nitro benzene ring substituents is 1. The SMILES string of the molecule is Cc1ccc(C)c(NC(=O)c2ccccc2C(=O)c2ccc(Cl)c([N+](=O)[O-])c2)c1. The molecule has 0 aliphatic heterocycles. The summed E-state index contributed by atoms with van der Waals surface area (Å²) in [5.41, 5.74) is 2.56. The smallest absolute Gasteiger partial charge is 0.288 e. The van der Waals surface area contributed by atoms with E-state index >= 15 is 0 Å². The number of halogens is 1. The number of amides is 1. The van der Waals surface area contributed by atoms with Crippen LogP contribution in [-0.4, -0.2) is 16.6 Å². The number of benzene rings is 3. The van der Waals surface area contributed by atoms with Gasteiger partial charge in [-0.15, -0.1) is 0 Å². The fourth-order valence-corrected chi connectivity index (χ4v) is 3.08. The van der Waals surface area contributed by atoms with E-state index in [1.54, 1.807) is 12.1 Å². The molecule has 29 heavy (non-hydrogen) atoms. The lowest BCUT2D eigenvalue weighted by Crippen LogP contribution is -2.17. The highest BCUT2D eigenvalue weighted by molar-refractivity contribution is 6.33. The van der Waals surface area contributed by atoms with E-state index in [2.05, 4.69) is 5.32 Å². The number of carbonyl (C=O) groups excluding carboxylic acids is 2. The molecule has 0 saturated carbocycles. The van der Waals surface area contributed by atoms with Crippen molar-refractivity contribution in [2.45, 2.75) is 13.8 Å². The number of hydrogen-bond acceptors (Lipinski definition) is 4. The predicted octanol–water partition coefficient (Wildman–Crippen LogP) is 5.35. The largest absolute Gasteiger partial charge is 0.322 e. The van der Waals surface area contributed by atoms with Crippen LogP contribution >= 0.6 is 11.6 Å². The van der Waals surface area contributed by atoms with Gasteiger partial charge in [0.2, 0.25) is 0 Å². The Labute approximate surface area is 172 Å². The van der Waals surface area contributed by atoms with Crippen LogP contribution in [0, 0.1) is 24.0 Å². The molecule has 146 valence electrons. The lowest BCUT2D eigenvalue weighted by molar-refractivity contribution is -0.384. The number of nitro groups is 1. The van der Waals surface area contributed by atoms with Crippen molar-refractivity contribution in [2.75, 3.05) is 5.32 Å². The minimum Gasteiger partial charge on any atom is -0.322 e. The Hall–Kier alpha value is -3.51. The second-order valence-corrected chi connectivity index (χ2v) is 6.98. The first-order chi connectivity index (χ1) is 13.8. The number of aryl methyl sites for hydroxylation is 2. The molecule has 0 fully saturated rings. The zero-order chi connectivity index (χ0) is 21.1.